The van der Waals surface area contributed by atoms with E-state index in [-0.39, 0.29) is 35.7 Å². The predicted molar refractivity (Wildman–Crippen MR) is 84.6 cm³/mol. The average Bonchev–Trinajstić information content (AvgIpc) is 2.84. The maximum Gasteiger partial charge on any atom is 0.317 e. The first kappa shape index (κ1) is 17.5. The van der Waals surface area contributed by atoms with Gasteiger partial charge in [0.25, 0.3) is 0 Å². The fourth-order valence-corrected chi connectivity index (χ4v) is 4.42. The Morgan fingerprint density at radius 1 is 1.48 bits per heavy atom. The number of hydrogen-bond acceptors (Lipinski definition) is 4. The highest BCUT2D eigenvalue weighted by molar-refractivity contribution is 7.91. The monoisotopic (exact) mass is 344 g/mol. The number of carbonyl (C=O) groups excluding carboxylic acids is 1. The van der Waals surface area contributed by atoms with Crippen LogP contribution in [0.15, 0.2) is 18.2 Å². The van der Waals surface area contributed by atoms with Crippen molar-refractivity contribution in [1.29, 1.82) is 0 Å². The van der Waals surface area contributed by atoms with E-state index in [4.69, 9.17) is 4.74 Å². The van der Waals surface area contributed by atoms with Crippen molar-refractivity contribution in [2.45, 2.75) is 13.0 Å². The standard InChI is InChI=1S/C15H21FN2O4S/c1-18(9-11-3-4-14(22-2)13(16)7-11)15(19)17-8-12-5-6-23(20,21)10-12/h3-4,7,12H,5-6,8-10H2,1-2H3,(H,17,19)/t12-/m0/s1. The number of nitrogens with zero attached hydrogens (tertiary/aromatic N) is 1. The average molecular weight is 344 g/mol. The topological polar surface area (TPSA) is 75.7 Å². The third kappa shape index (κ3) is 4.82. The molecule has 0 spiro atoms. The van der Waals surface area contributed by atoms with Gasteiger partial charge in [-0.1, -0.05) is 6.07 Å². The third-order valence-corrected chi connectivity index (χ3v) is 5.69. The highest BCUT2D eigenvalue weighted by Gasteiger charge is 2.28. The molecule has 0 radical (unpaired) electrons. The molecule has 1 aromatic carbocycles. The Labute approximate surface area is 135 Å². The number of carbonyl (C=O) groups is 1. The van der Waals surface area contributed by atoms with Crippen molar-refractivity contribution in [2.24, 2.45) is 5.92 Å². The maximum atomic E-state index is 13.6. The number of sulfone groups is 1. The van der Waals surface area contributed by atoms with Crippen molar-refractivity contribution in [3.05, 3.63) is 29.6 Å². The van der Waals surface area contributed by atoms with E-state index in [2.05, 4.69) is 5.32 Å². The van der Waals surface area contributed by atoms with Gasteiger partial charge >= 0.3 is 6.03 Å². The second-order valence-corrected chi connectivity index (χ2v) is 8.01. The Morgan fingerprint density at radius 2 is 2.22 bits per heavy atom. The van der Waals surface area contributed by atoms with Crippen molar-refractivity contribution < 1.29 is 22.3 Å². The highest BCUT2D eigenvalue weighted by atomic mass is 32.2. The zero-order valence-corrected chi connectivity index (χ0v) is 14.0. The number of nitrogens with one attached hydrogen (secondary N) is 1. The molecule has 6 nitrogen and oxygen atoms in total. The van der Waals surface area contributed by atoms with E-state index < -0.39 is 15.7 Å². The molecular weight excluding hydrogens is 323 g/mol. The molecule has 128 valence electrons. The fraction of sp³-hybridized carbons (Fsp3) is 0.533. The predicted octanol–water partition coefficient (Wildman–Crippen LogP) is 1.41. The molecule has 0 aromatic heterocycles. The molecule has 0 saturated carbocycles. The van der Waals surface area contributed by atoms with Crippen LogP contribution in [0.3, 0.4) is 0 Å². The lowest BCUT2D eigenvalue weighted by Crippen LogP contribution is -2.39. The second-order valence-electron chi connectivity index (χ2n) is 5.78. The summed E-state index contributed by atoms with van der Waals surface area (Å²) in [5.41, 5.74) is 0.643. The summed E-state index contributed by atoms with van der Waals surface area (Å²) in [5, 5.41) is 2.72. The molecule has 1 N–H and O–H groups in total. The molecule has 0 aliphatic carbocycles. The Kier molecular flexibility index (Phi) is 5.46. The van der Waals surface area contributed by atoms with Crippen LogP contribution in [0.2, 0.25) is 0 Å². The van der Waals surface area contributed by atoms with Gasteiger partial charge in [0.1, 0.15) is 0 Å². The lowest BCUT2D eigenvalue weighted by atomic mass is 10.1. The Hall–Kier alpha value is -1.83. The number of ether oxygens (including phenoxy) is 1. The Balaban J connectivity index is 1.84. The molecule has 0 unspecified atom stereocenters. The van der Waals surface area contributed by atoms with E-state index in [9.17, 15) is 17.6 Å². The van der Waals surface area contributed by atoms with Gasteiger partial charge in [-0.25, -0.2) is 17.6 Å². The first-order chi connectivity index (χ1) is 10.8. The van der Waals surface area contributed by atoms with Gasteiger partial charge in [0, 0.05) is 20.1 Å². The molecule has 0 bridgehead atoms. The van der Waals surface area contributed by atoms with Gasteiger partial charge in [-0.05, 0) is 30.0 Å². The second kappa shape index (κ2) is 7.16. The number of urea groups is 1. The number of hydrogen-bond donors (Lipinski definition) is 1. The molecule has 23 heavy (non-hydrogen) atoms. The van der Waals surface area contributed by atoms with Crippen LogP contribution in [0.25, 0.3) is 0 Å². The van der Waals surface area contributed by atoms with Crippen molar-refractivity contribution >= 4 is 15.9 Å². The minimum Gasteiger partial charge on any atom is -0.494 e. The molecule has 1 heterocycles. The highest BCUT2D eigenvalue weighted by Crippen LogP contribution is 2.19. The number of amides is 2. The van der Waals surface area contributed by atoms with Crippen LogP contribution in [-0.2, 0) is 16.4 Å². The van der Waals surface area contributed by atoms with E-state index in [1.165, 1.54) is 24.1 Å². The van der Waals surface area contributed by atoms with Crippen LogP contribution in [0.4, 0.5) is 9.18 Å². The smallest absolute Gasteiger partial charge is 0.317 e. The van der Waals surface area contributed by atoms with Crippen molar-refractivity contribution in [3.8, 4) is 5.75 Å². The van der Waals surface area contributed by atoms with Gasteiger partial charge in [0.15, 0.2) is 21.4 Å². The van der Waals surface area contributed by atoms with Crippen molar-refractivity contribution in [1.82, 2.24) is 10.2 Å². The van der Waals surface area contributed by atoms with Gasteiger partial charge in [-0.2, -0.15) is 0 Å². The molecule has 1 atom stereocenters. The summed E-state index contributed by atoms with van der Waals surface area (Å²) in [5.74, 6) is -0.0381. The van der Waals surface area contributed by atoms with Crippen molar-refractivity contribution in [3.63, 3.8) is 0 Å². The largest absolute Gasteiger partial charge is 0.494 e. The van der Waals surface area contributed by atoms with Gasteiger partial charge in [-0.3, -0.25) is 0 Å². The maximum absolute atomic E-state index is 13.6. The Morgan fingerprint density at radius 3 is 2.78 bits per heavy atom. The number of methoxy groups -OCH3 is 1. The Bertz CT molecular complexity index is 678. The van der Waals surface area contributed by atoms with Crippen LogP contribution < -0.4 is 10.1 Å². The number of rotatable bonds is 5. The van der Waals surface area contributed by atoms with Crippen LogP contribution in [-0.4, -0.2) is 51.6 Å². The summed E-state index contributed by atoms with van der Waals surface area (Å²) in [6, 6.07) is 4.21. The molecule has 1 saturated heterocycles. The molecule has 1 aliphatic heterocycles. The van der Waals surface area contributed by atoms with Gasteiger partial charge < -0.3 is 15.0 Å². The van der Waals surface area contributed by atoms with Crippen molar-refractivity contribution in [2.75, 3.05) is 32.2 Å². The summed E-state index contributed by atoms with van der Waals surface area (Å²) in [7, 11) is 0.0478. The zero-order valence-electron chi connectivity index (χ0n) is 13.2. The minimum atomic E-state index is -2.94. The number of benzene rings is 1. The van der Waals surface area contributed by atoms with Crippen LogP contribution in [0.1, 0.15) is 12.0 Å². The van der Waals surface area contributed by atoms with Gasteiger partial charge in [-0.15, -0.1) is 0 Å². The summed E-state index contributed by atoms with van der Waals surface area (Å²) in [6.45, 7) is 0.578. The molecule has 8 heteroatoms. The lowest BCUT2D eigenvalue weighted by Gasteiger charge is -2.19. The SMILES string of the molecule is COc1ccc(CN(C)C(=O)NC[C@@H]2CCS(=O)(=O)C2)cc1F. The zero-order chi connectivity index (χ0) is 17.0. The molecule has 2 rings (SSSR count). The molecular formula is C15H21FN2O4S. The number of halogens is 1. The minimum absolute atomic E-state index is 0.0317. The van der Waals surface area contributed by atoms with E-state index in [0.717, 1.165) is 0 Å². The molecule has 2 amide bonds. The van der Waals surface area contributed by atoms with Crippen LogP contribution in [0, 0.1) is 11.7 Å². The van der Waals surface area contributed by atoms with E-state index >= 15 is 0 Å². The third-order valence-electron chi connectivity index (χ3n) is 3.85. The first-order valence-corrected chi connectivity index (χ1v) is 9.14. The van der Waals surface area contributed by atoms with E-state index in [0.29, 0.717) is 18.5 Å². The first-order valence-electron chi connectivity index (χ1n) is 7.32. The summed E-state index contributed by atoms with van der Waals surface area (Å²) in [6.07, 6.45) is 0.579. The lowest BCUT2D eigenvalue weighted by molar-refractivity contribution is 0.205. The normalized spacial score (nSPS) is 19.3. The fourth-order valence-electron chi connectivity index (χ4n) is 2.55. The molecule has 1 aliphatic rings. The summed E-state index contributed by atoms with van der Waals surface area (Å²) >= 11 is 0. The van der Waals surface area contributed by atoms with Gasteiger partial charge in [0.2, 0.25) is 0 Å². The quantitative estimate of drug-likeness (QED) is 0.876. The molecule has 1 fully saturated rings. The van der Waals surface area contributed by atoms with E-state index in [1.54, 1.807) is 13.1 Å². The summed E-state index contributed by atoms with van der Waals surface area (Å²) in [4.78, 5) is 13.4. The van der Waals surface area contributed by atoms with Crippen LogP contribution >= 0.6 is 0 Å². The molecule has 1 aromatic rings. The van der Waals surface area contributed by atoms with Crippen LogP contribution in [0.5, 0.6) is 5.75 Å². The van der Waals surface area contributed by atoms with E-state index in [1.807, 2.05) is 0 Å². The van der Waals surface area contributed by atoms with Gasteiger partial charge in [0.05, 0.1) is 18.6 Å². The summed E-state index contributed by atoms with van der Waals surface area (Å²) < 4.78 is 41.2.